The summed E-state index contributed by atoms with van der Waals surface area (Å²) >= 11 is 0. The Morgan fingerprint density at radius 3 is 2.78 bits per heavy atom. The SMILES string of the molecule is COc1nc(NC2CCN(C3COC3)CC2)nn2cc(F)c(-c3ccc4nnn(CCCF)c4c3)c12. The van der Waals surface area contributed by atoms with Crippen molar-refractivity contribution in [2.75, 3.05) is 45.4 Å². The van der Waals surface area contributed by atoms with E-state index in [1.54, 1.807) is 22.9 Å². The number of hydrogen-bond acceptors (Lipinski definition) is 8. The Balaban J connectivity index is 1.29. The maximum atomic E-state index is 15.3. The van der Waals surface area contributed by atoms with Gasteiger partial charge in [0, 0.05) is 25.7 Å². The first-order valence-corrected chi connectivity index (χ1v) is 12.3. The number of fused-ring (bicyclic) bond motifs is 2. The van der Waals surface area contributed by atoms with E-state index in [1.165, 1.54) is 17.8 Å². The second-order valence-corrected chi connectivity index (χ2v) is 9.29. The quantitative estimate of drug-likeness (QED) is 0.396. The molecule has 5 heterocycles. The van der Waals surface area contributed by atoms with Gasteiger partial charge < -0.3 is 14.8 Å². The highest BCUT2D eigenvalue weighted by Gasteiger charge is 2.30. The van der Waals surface area contributed by atoms with Gasteiger partial charge in [-0.3, -0.25) is 9.29 Å². The summed E-state index contributed by atoms with van der Waals surface area (Å²) in [5.74, 6) is 0.229. The van der Waals surface area contributed by atoms with E-state index in [0.717, 1.165) is 39.1 Å². The number of aryl methyl sites for hydroxylation is 1. The largest absolute Gasteiger partial charge is 0.479 e. The highest BCUT2D eigenvalue weighted by atomic mass is 19.1. The number of nitrogens with zero attached hydrogens (tertiary/aromatic N) is 7. The fraction of sp³-hybridized carbons (Fsp3) is 0.500. The molecule has 1 N–H and O–H groups in total. The molecule has 36 heavy (non-hydrogen) atoms. The van der Waals surface area contributed by atoms with Crippen molar-refractivity contribution in [3.05, 3.63) is 30.2 Å². The molecule has 0 atom stereocenters. The lowest BCUT2D eigenvalue weighted by Crippen LogP contribution is -2.53. The van der Waals surface area contributed by atoms with Gasteiger partial charge in [-0.25, -0.2) is 13.6 Å². The third-order valence-electron chi connectivity index (χ3n) is 7.05. The van der Waals surface area contributed by atoms with Gasteiger partial charge in [0.25, 0.3) is 0 Å². The maximum absolute atomic E-state index is 15.3. The molecule has 2 fully saturated rings. The minimum Gasteiger partial charge on any atom is -0.479 e. The summed E-state index contributed by atoms with van der Waals surface area (Å²) in [6, 6.07) is 6.12. The fourth-order valence-corrected chi connectivity index (χ4v) is 5.02. The average molecular weight is 499 g/mol. The van der Waals surface area contributed by atoms with Crippen LogP contribution < -0.4 is 10.1 Å². The molecule has 10 nitrogen and oxygen atoms in total. The highest BCUT2D eigenvalue weighted by Crippen LogP contribution is 2.35. The number of rotatable bonds is 8. The Morgan fingerprint density at radius 1 is 1.22 bits per heavy atom. The zero-order valence-electron chi connectivity index (χ0n) is 20.0. The van der Waals surface area contributed by atoms with Crippen LogP contribution >= 0.6 is 0 Å². The zero-order valence-corrected chi connectivity index (χ0v) is 20.0. The van der Waals surface area contributed by atoms with E-state index >= 15 is 4.39 Å². The maximum Gasteiger partial charge on any atom is 0.244 e. The predicted molar refractivity (Wildman–Crippen MR) is 129 cm³/mol. The van der Waals surface area contributed by atoms with E-state index in [-0.39, 0.29) is 11.9 Å². The zero-order chi connectivity index (χ0) is 24.6. The number of methoxy groups -OCH3 is 1. The van der Waals surface area contributed by atoms with E-state index in [2.05, 4.69) is 30.6 Å². The van der Waals surface area contributed by atoms with Gasteiger partial charge in [-0.15, -0.1) is 10.2 Å². The van der Waals surface area contributed by atoms with E-state index in [0.29, 0.717) is 52.6 Å². The van der Waals surface area contributed by atoms with Crippen LogP contribution in [0.1, 0.15) is 19.3 Å². The number of alkyl halides is 1. The summed E-state index contributed by atoms with van der Waals surface area (Å²) in [6.45, 7) is 3.57. The van der Waals surface area contributed by atoms with Crippen molar-refractivity contribution in [1.82, 2.24) is 34.5 Å². The number of benzene rings is 1. The lowest BCUT2D eigenvalue weighted by Gasteiger charge is -2.41. The smallest absolute Gasteiger partial charge is 0.244 e. The molecular weight excluding hydrogens is 470 g/mol. The first kappa shape index (κ1) is 23.0. The molecule has 4 aromatic rings. The number of hydrogen-bond donors (Lipinski definition) is 1. The monoisotopic (exact) mass is 498 g/mol. The van der Waals surface area contributed by atoms with Crippen molar-refractivity contribution >= 4 is 22.5 Å². The van der Waals surface area contributed by atoms with Crippen molar-refractivity contribution in [3.63, 3.8) is 0 Å². The number of nitrogens with one attached hydrogen (secondary N) is 1. The summed E-state index contributed by atoms with van der Waals surface area (Å²) in [5, 5.41) is 16.2. The van der Waals surface area contributed by atoms with Crippen LogP contribution in [-0.4, -0.2) is 86.7 Å². The minimum absolute atomic E-state index is 0.226. The van der Waals surface area contributed by atoms with Gasteiger partial charge in [0.05, 0.1) is 50.3 Å². The molecule has 0 radical (unpaired) electrons. The number of aromatic nitrogens is 6. The topological polar surface area (TPSA) is 94.6 Å². The van der Waals surface area contributed by atoms with Crippen LogP contribution in [0.25, 0.3) is 27.7 Å². The van der Waals surface area contributed by atoms with Crippen LogP contribution in [-0.2, 0) is 11.3 Å². The van der Waals surface area contributed by atoms with Crippen LogP contribution in [0, 0.1) is 5.82 Å². The summed E-state index contributed by atoms with van der Waals surface area (Å²) in [5.41, 5.74) is 2.74. The molecule has 190 valence electrons. The van der Waals surface area contributed by atoms with E-state index < -0.39 is 12.5 Å². The number of ether oxygens (including phenoxy) is 2. The van der Waals surface area contributed by atoms with E-state index in [1.807, 2.05) is 0 Å². The van der Waals surface area contributed by atoms with Crippen LogP contribution in [0.3, 0.4) is 0 Å². The summed E-state index contributed by atoms with van der Waals surface area (Å²) in [4.78, 5) is 7.04. The Labute approximate surface area is 206 Å². The first-order chi connectivity index (χ1) is 17.6. The number of piperidine rings is 1. The van der Waals surface area contributed by atoms with Crippen molar-refractivity contribution in [3.8, 4) is 17.0 Å². The predicted octanol–water partition coefficient (Wildman–Crippen LogP) is 2.92. The third-order valence-corrected chi connectivity index (χ3v) is 7.05. The standard InChI is InChI=1S/C24H28F2N8O2/c1-35-23-22-21(15-3-4-19-20(11-15)33(31-29-19)8-2-7-25)18(26)12-34(22)30-24(28-23)27-16-5-9-32(10-6-16)17-13-36-14-17/h3-4,11-12,16-17H,2,5-10,13-14H2,1H3,(H,27,30). The molecule has 0 aliphatic carbocycles. The Bertz CT molecular complexity index is 1380. The summed E-state index contributed by atoms with van der Waals surface area (Å²) in [7, 11) is 1.51. The summed E-state index contributed by atoms with van der Waals surface area (Å²) < 4.78 is 42.0. The van der Waals surface area contributed by atoms with Gasteiger partial charge in [0.2, 0.25) is 11.8 Å². The Kier molecular flexibility index (Phi) is 6.13. The lowest BCUT2D eigenvalue weighted by molar-refractivity contribution is -0.0705. The molecule has 6 rings (SSSR count). The lowest BCUT2D eigenvalue weighted by atomic mass is 10.0. The Morgan fingerprint density at radius 2 is 2.06 bits per heavy atom. The first-order valence-electron chi connectivity index (χ1n) is 12.3. The van der Waals surface area contributed by atoms with Gasteiger partial charge in [0.15, 0.2) is 5.82 Å². The van der Waals surface area contributed by atoms with Gasteiger partial charge in [0.1, 0.15) is 11.0 Å². The highest BCUT2D eigenvalue weighted by molar-refractivity contribution is 5.89. The van der Waals surface area contributed by atoms with Crippen LogP contribution in [0.4, 0.5) is 14.7 Å². The molecule has 3 aromatic heterocycles. The second kappa shape index (κ2) is 9.58. The minimum atomic E-state index is -0.446. The number of likely N-dealkylation sites (tertiary alicyclic amines) is 1. The molecule has 0 saturated carbocycles. The van der Waals surface area contributed by atoms with Gasteiger partial charge in [-0.05, 0) is 37.0 Å². The van der Waals surface area contributed by atoms with Gasteiger partial charge in [-0.1, -0.05) is 11.3 Å². The summed E-state index contributed by atoms with van der Waals surface area (Å²) in [6.07, 6.45) is 3.60. The third kappa shape index (κ3) is 4.13. The fourth-order valence-electron chi connectivity index (χ4n) is 5.02. The molecular formula is C24H28F2N8O2. The molecule has 12 heteroatoms. The molecule has 0 amide bonds. The van der Waals surface area contributed by atoms with Crippen molar-refractivity contribution in [2.45, 2.75) is 37.9 Å². The van der Waals surface area contributed by atoms with E-state index in [4.69, 9.17) is 9.47 Å². The normalized spacial score (nSPS) is 17.6. The van der Waals surface area contributed by atoms with Crippen molar-refractivity contribution in [1.29, 1.82) is 0 Å². The number of anilines is 1. The molecule has 2 aliphatic heterocycles. The molecule has 2 aliphatic rings. The Hall–Kier alpha value is -3.38. The molecule has 0 spiro atoms. The second-order valence-electron chi connectivity index (χ2n) is 9.29. The van der Waals surface area contributed by atoms with E-state index in [9.17, 15) is 4.39 Å². The average Bonchev–Trinajstić information content (AvgIpc) is 3.41. The van der Waals surface area contributed by atoms with Crippen LogP contribution in [0.15, 0.2) is 24.4 Å². The molecule has 1 aromatic carbocycles. The molecule has 2 saturated heterocycles. The molecule has 0 unspecified atom stereocenters. The van der Waals surface area contributed by atoms with Crippen molar-refractivity contribution in [2.24, 2.45) is 0 Å². The van der Waals surface area contributed by atoms with Crippen molar-refractivity contribution < 1.29 is 18.3 Å². The van der Waals surface area contributed by atoms with Crippen LogP contribution in [0.5, 0.6) is 5.88 Å². The van der Waals surface area contributed by atoms with Gasteiger partial charge in [-0.2, -0.15) is 4.98 Å². The van der Waals surface area contributed by atoms with Crippen LogP contribution in [0.2, 0.25) is 0 Å². The number of halogens is 2. The van der Waals surface area contributed by atoms with Gasteiger partial charge >= 0.3 is 0 Å². The molecule has 0 bridgehead atoms.